The molecule has 0 atom stereocenters. The van der Waals surface area contributed by atoms with Gasteiger partial charge in [-0.2, -0.15) is 0 Å². The molecule has 0 unspecified atom stereocenters. The number of hydrogen-bond donors (Lipinski definition) is 0. The minimum Gasteiger partial charge on any atom is -0.149 e. The highest BCUT2D eigenvalue weighted by molar-refractivity contribution is 7.09. The first-order valence-corrected chi connectivity index (χ1v) is 6.31. The van der Waals surface area contributed by atoms with Crippen molar-refractivity contribution in [3.05, 3.63) is 58.3 Å². The molecule has 0 saturated carbocycles. The predicted octanol–water partition coefficient (Wildman–Crippen LogP) is 4.56. The van der Waals surface area contributed by atoms with Crippen LogP contribution in [0.15, 0.2) is 47.8 Å². The third kappa shape index (κ3) is 4.80. The topological polar surface area (TPSA) is 0 Å². The van der Waals surface area contributed by atoms with Crippen LogP contribution in [0.25, 0.3) is 0 Å². The fourth-order valence-electron chi connectivity index (χ4n) is 1.23. The molecule has 1 heteroatoms. The summed E-state index contributed by atoms with van der Waals surface area (Å²) in [6.45, 7) is 4.33. The van der Waals surface area contributed by atoms with Crippen LogP contribution in [0.1, 0.15) is 24.3 Å². The van der Waals surface area contributed by atoms with Gasteiger partial charge in [0.1, 0.15) is 0 Å². The van der Waals surface area contributed by atoms with Crippen LogP contribution >= 0.6 is 11.3 Å². The molecule has 2 rings (SSSR count). The normalized spacial score (nSPS) is 9.20. The van der Waals surface area contributed by atoms with Gasteiger partial charge in [0.2, 0.25) is 0 Å². The van der Waals surface area contributed by atoms with Gasteiger partial charge in [-0.1, -0.05) is 50.2 Å². The van der Waals surface area contributed by atoms with Crippen LogP contribution in [0.2, 0.25) is 0 Å². The number of hydrogen-bond acceptors (Lipinski definition) is 1. The number of benzene rings is 1. The molecular formula is C14H18S. The highest BCUT2D eigenvalue weighted by Gasteiger charge is 1.82. The monoisotopic (exact) mass is 218 g/mol. The van der Waals surface area contributed by atoms with Crippen molar-refractivity contribution >= 4 is 11.3 Å². The Labute approximate surface area is 96.6 Å². The van der Waals surface area contributed by atoms with Crippen molar-refractivity contribution in [1.82, 2.24) is 0 Å². The van der Waals surface area contributed by atoms with Crippen molar-refractivity contribution in [3.8, 4) is 0 Å². The van der Waals surface area contributed by atoms with Crippen LogP contribution < -0.4 is 0 Å². The second kappa shape index (κ2) is 7.24. The Morgan fingerprint density at radius 2 is 1.60 bits per heavy atom. The van der Waals surface area contributed by atoms with Crippen molar-refractivity contribution < 1.29 is 0 Å². The average Bonchev–Trinajstić information content (AvgIpc) is 2.84. The molecule has 0 radical (unpaired) electrons. The third-order valence-electron chi connectivity index (χ3n) is 2.18. The minimum atomic E-state index is 1.14. The van der Waals surface area contributed by atoms with Crippen LogP contribution in [-0.2, 0) is 12.8 Å². The van der Waals surface area contributed by atoms with E-state index in [1.165, 1.54) is 16.9 Å². The molecule has 1 aromatic carbocycles. The van der Waals surface area contributed by atoms with E-state index in [0.717, 1.165) is 6.42 Å². The molecule has 0 aliphatic heterocycles. The smallest absolute Gasteiger partial charge is 0.00424 e. The van der Waals surface area contributed by atoms with Gasteiger partial charge in [-0.25, -0.2) is 0 Å². The summed E-state index contributed by atoms with van der Waals surface area (Å²) in [6.07, 6.45) is 2.32. The van der Waals surface area contributed by atoms with Crippen LogP contribution in [0, 0.1) is 0 Å². The Morgan fingerprint density at radius 1 is 0.867 bits per heavy atom. The maximum atomic E-state index is 2.17. The Hall–Kier alpha value is -1.08. The van der Waals surface area contributed by atoms with E-state index >= 15 is 0 Å². The molecule has 0 nitrogen and oxygen atoms in total. The first kappa shape index (κ1) is 12.0. The zero-order chi connectivity index (χ0) is 10.9. The SMILES string of the molecule is CCc1ccccc1.CCc1cccs1. The van der Waals surface area contributed by atoms with Crippen molar-refractivity contribution in [2.75, 3.05) is 0 Å². The number of thiophene rings is 1. The van der Waals surface area contributed by atoms with E-state index in [0.29, 0.717) is 0 Å². The van der Waals surface area contributed by atoms with Gasteiger partial charge in [-0.3, -0.25) is 0 Å². The Kier molecular flexibility index (Phi) is 5.79. The molecular weight excluding hydrogens is 200 g/mol. The Morgan fingerprint density at radius 3 is 1.93 bits per heavy atom. The summed E-state index contributed by atoms with van der Waals surface area (Å²) < 4.78 is 0. The average molecular weight is 218 g/mol. The molecule has 0 aliphatic carbocycles. The van der Waals surface area contributed by atoms with Gasteiger partial charge in [0.25, 0.3) is 0 Å². The summed E-state index contributed by atoms with van der Waals surface area (Å²) in [5.41, 5.74) is 1.41. The molecule has 80 valence electrons. The summed E-state index contributed by atoms with van der Waals surface area (Å²) in [4.78, 5) is 1.47. The molecule has 1 aromatic heterocycles. The van der Waals surface area contributed by atoms with Crippen LogP contribution in [-0.4, -0.2) is 0 Å². The minimum absolute atomic E-state index is 1.14. The van der Waals surface area contributed by atoms with E-state index in [1.54, 1.807) is 0 Å². The molecule has 0 fully saturated rings. The van der Waals surface area contributed by atoms with E-state index in [1.807, 2.05) is 17.4 Å². The lowest BCUT2D eigenvalue weighted by atomic mass is 10.2. The van der Waals surface area contributed by atoms with E-state index in [2.05, 4.69) is 55.6 Å². The molecule has 1 heterocycles. The van der Waals surface area contributed by atoms with Crippen molar-refractivity contribution in [1.29, 1.82) is 0 Å². The van der Waals surface area contributed by atoms with Gasteiger partial charge in [-0.05, 0) is 29.9 Å². The Balaban J connectivity index is 0.000000151. The zero-order valence-electron chi connectivity index (χ0n) is 9.44. The van der Waals surface area contributed by atoms with E-state index < -0.39 is 0 Å². The first-order valence-electron chi connectivity index (χ1n) is 5.43. The van der Waals surface area contributed by atoms with Crippen LogP contribution in [0.5, 0.6) is 0 Å². The van der Waals surface area contributed by atoms with Gasteiger partial charge in [0, 0.05) is 4.88 Å². The standard InChI is InChI=1S/C8H10.C6H8S/c1-2-8-6-4-3-5-7-8;1-2-6-4-3-5-7-6/h3-7H,2H2,1H3;3-5H,2H2,1H3. The number of aryl methyl sites for hydroxylation is 2. The highest BCUT2D eigenvalue weighted by atomic mass is 32.1. The van der Waals surface area contributed by atoms with E-state index in [9.17, 15) is 0 Å². The van der Waals surface area contributed by atoms with E-state index in [-0.39, 0.29) is 0 Å². The van der Waals surface area contributed by atoms with Crippen molar-refractivity contribution in [2.45, 2.75) is 26.7 Å². The second-order valence-electron chi connectivity index (χ2n) is 3.27. The van der Waals surface area contributed by atoms with Gasteiger partial charge < -0.3 is 0 Å². The van der Waals surface area contributed by atoms with Crippen molar-refractivity contribution in [3.63, 3.8) is 0 Å². The second-order valence-corrected chi connectivity index (χ2v) is 4.30. The predicted molar refractivity (Wildman–Crippen MR) is 69.5 cm³/mol. The van der Waals surface area contributed by atoms with Gasteiger partial charge >= 0.3 is 0 Å². The molecule has 0 aliphatic rings. The lowest BCUT2D eigenvalue weighted by Crippen LogP contribution is -1.73. The van der Waals surface area contributed by atoms with Crippen LogP contribution in [0.3, 0.4) is 0 Å². The number of rotatable bonds is 2. The van der Waals surface area contributed by atoms with Crippen LogP contribution in [0.4, 0.5) is 0 Å². The summed E-state index contributed by atoms with van der Waals surface area (Å²) >= 11 is 1.82. The quantitative estimate of drug-likeness (QED) is 0.693. The molecule has 0 amide bonds. The molecule has 2 aromatic rings. The van der Waals surface area contributed by atoms with Gasteiger partial charge in [0.15, 0.2) is 0 Å². The fourth-order valence-corrected chi connectivity index (χ4v) is 1.88. The summed E-state index contributed by atoms with van der Waals surface area (Å²) in [7, 11) is 0. The fraction of sp³-hybridized carbons (Fsp3) is 0.286. The molecule has 0 N–H and O–H groups in total. The summed E-state index contributed by atoms with van der Waals surface area (Å²) in [6, 6.07) is 14.7. The third-order valence-corrected chi connectivity index (χ3v) is 3.20. The van der Waals surface area contributed by atoms with Gasteiger partial charge in [0.05, 0.1) is 0 Å². The lowest BCUT2D eigenvalue weighted by molar-refractivity contribution is 1.14. The lowest BCUT2D eigenvalue weighted by Gasteiger charge is -1.89. The van der Waals surface area contributed by atoms with Gasteiger partial charge in [-0.15, -0.1) is 11.3 Å². The van der Waals surface area contributed by atoms with Crippen molar-refractivity contribution in [2.24, 2.45) is 0 Å². The van der Waals surface area contributed by atoms with E-state index in [4.69, 9.17) is 0 Å². The maximum absolute atomic E-state index is 2.17. The zero-order valence-corrected chi connectivity index (χ0v) is 10.3. The molecule has 15 heavy (non-hydrogen) atoms. The summed E-state index contributed by atoms with van der Waals surface area (Å²) in [5, 5.41) is 2.11. The first-order chi connectivity index (χ1) is 7.36. The summed E-state index contributed by atoms with van der Waals surface area (Å²) in [5.74, 6) is 0. The molecule has 0 spiro atoms. The molecule has 0 bridgehead atoms. The largest absolute Gasteiger partial charge is 0.149 e. The maximum Gasteiger partial charge on any atom is 0.00424 e. The molecule has 0 saturated heterocycles. The Bertz CT molecular complexity index is 335. The highest BCUT2D eigenvalue weighted by Crippen LogP contribution is 2.07.